The number of nitrogens with zero attached hydrogens (tertiary/aromatic N) is 2. The quantitative estimate of drug-likeness (QED) is 0.412. The number of carbonyl (C=O) groups is 2. The molecule has 0 aliphatic carbocycles. The van der Waals surface area contributed by atoms with Gasteiger partial charge < -0.3 is 9.73 Å². The molecular weight excluding hydrogens is 366 g/mol. The van der Waals surface area contributed by atoms with Crippen LogP contribution in [0.3, 0.4) is 0 Å². The Labute approximate surface area is 170 Å². The maximum atomic E-state index is 12.8. The van der Waals surface area contributed by atoms with Crippen LogP contribution in [0.2, 0.25) is 0 Å². The van der Waals surface area contributed by atoms with Crippen molar-refractivity contribution < 1.29 is 14.0 Å². The summed E-state index contributed by atoms with van der Waals surface area (Å²) in [7, 11) is 0. The molecular formula is C23H25N3O3. The minimum atomic E-state index is -0.630. The van der Waals surface area contributed by atoms with Crippen molar-refractivity contribution >= 4 is 11.7 Å². The van der Waals surface area contributed by atoms with Crippen molar-refractivity contribution in [1.29, 1.82) is 0 Å². The van der Waals surface area contributed by atoms with Crippen molar-refractivity contribution in [3.05, 3.63) is 72.1 Å². The van der Waals surface area contributed by atoms with Gasteiger partial charge in [0.15, 0.2) is 0 Å². The maximum absolute atomic E-state index is 12.8. The third kappa shape index (κ3) is 5.60. The lowest BCUT2D eigenvalue weighted by molar-refractivity contribution is -0.139. The molecule has 150 valence electrons. The van der Waals surface area contributed by atoms with Gasteiger partial charge in [-0.05, 0) is 24.1 Å². The van der Waals surface area contributed by atoms with Crippen molar-refractivity contribution in [2.75, 3.05) is 0 Å². The molecule has 1 unspecified atom stereocenters. The fourth-order valence-corrected chi connectivity index (χ4v) is 3.16. The van der Waals surface area contributed by atoms with Crippen LogP contribution in [0.15, 0.2) is 65.1 Å². The minimum absolute atomic E-state index is 0.0148. The number of ketones is 1. The van der Waals surface area contributed by atoms with Crippen LogP contribution in [0.25, 0.3) is 11.5 Å². The lowest BCUT2D eigenvalue weighted by Gasteiger charge is -2.15. The zero-order valence-corrected chi connectivity index (χ0v) is 16.5. The molecule has 3 rings (SSSR count). The van der Waals surface area contributed by atoms with Gasteiger partial charge in [-0.25, -0.2) is 0 Å². The number of Topliss-reactive ketones (excluding diaryl/α,β-unsaturated/α-hetero) is 1. The van der Waals surface area contributed by atoms with E-state index in [4.69, 9.17) is 4.42 Å². The molecule has 0 radical (unpaired) electrons. The van der Waals surface area contributed by atoms with E-state index in [1.54, 1.807) is 0 Å². The molecule has 1 aromatic heterocycles. The molecule has 0 aliphatic heterocycles. The number of hydrogen-bond donors (Lipinski definition) is 1. The summed E-state index contributed by atoms with van der Waals surface area (Å²) >= 11 is 0. The number of aromatic nitrogens is 2. The van der Waals surface area contributed by atoms with E-state index in [9.17, 15) is 9.59 Å². The molecule has 29 heavy (non-hydrogen) atoms. The van der Waals surface area contributed by atoms with Gasteiger partial charge >= 0.3 is 0 Å². The van der Waals surface area contributed by atoms with Crippen LogP contribution < -0.4 is 5.32 Å². The second-order valence-electron chi connectivity index (χ2n) is 6.87. The molecule has 1 amide bonds. The Morgan fingerprint density at radius 2 is 1.66 bits per heavy atom. The summed E-state index contributed by atoms with van der Waals surface area (Å²) in [5.74, 6) is -0.870. The summed E-state index contributed by atoms with van der Waals surface area (Å²) in [6, 6.07) is 18.8. The summed E-state index contributed by atoms with van der Waals surface area (Å²) in [5, 5.41) is 10.6. The lowest BCUT2D eigenvalue weighted by Crippen LogP contribution is -2.34. The number of unbranched alkanes of at least 4 members (excludes halogenated alkanes) is 2. The van der Waals surface area contributed by atoms with Crippen molar-refractivity contribution in [2.45, 2.75) is 45.1 Å². The highest BCUT2D eigenvalue weighted by atomic mass is 16.4. The van der Waals surface area contributed by atoms with Crippen LogP contribution in [0, 0.1) is 0 Å². The van der Waals surface area contributed by atoms with Gasteiger partial charge in [-0.2, -0.15) is 0 Å². The molecule has 3 aromatic rings. The fraction of sp³-hybridized carbons (Fsp3) is 0.304. The predicted octanol–water partition coefficient (Wildman–Crippen LogP) is 4.29. The molecule has 0 bridgehead atoms. The molecule has 2 aromatic carbocycles. The van der Waals surface area contributed by atoms with Crippen molar-refractivity contribution in [3.8, 4) is 11.5 Å². The van der Waals surface area contributed by atoms with Gasteiger partial charge in [0.25, 0.3) is 5.91 Å². The molecule has 6 nitrogen and oxygen atoms in total. The van der Waals surface area contributed by atoms with Gasteiger partial charge in [-0.15, -0.1) is 10.2 Å². The Morgan fingerprint density at radius 1 is 0.966 bits per heavy atom. The molecule has 0 saturated carbocycles. The molecule has 1 atom stereocenters. The van der Waals surface area contributed by atoms with Crippen LogP contribution in [-0.2, 0) is 16.1 Å². The van der Waals surface area contributed by atoms with Crippen molar-refractivity contribution in [3.63, 3.8) is 0 Å². The number of hydrogen-bond acceptors (Lipinski definition) is 5. The van der Waals surface area contributed by atoms with Gasteiger partial charge in [0.1, 0.15) is 0 Å². The Morgan fingerprint density at radius 3 is 2.34 bits per heavy atom. The molecule has 0 spiro atoms. The van der Waals surface area contributed by atoms with Crippen LogP contribution >= 0.6 is 0 Å². The number of benzene rings is 2. The molecule has 6 heteroatoms. The highest BCUT2D eigenvalue weighted by molar-refractivity contribution is 6.38. The summed E-state index contributed by atoms with van der Waals surface area (Å²) in [4.78, 5) is 25.3. The summed E-state index contributed by atoms with van der Waals surface area (Å²) in [5.41, 5.74) is 1.67. The van der Waals surface area contributed by atoms with Gasteiger partial charge in [0.05, 0.1) is 12.5 Å². The molecule has 1 heterocycles. The van der Waals surface area contributed by atoms with Crippen LogP contribution in [-0.4, -0.2) is 21.9 Å². The van der Waals surface area contributed by atoms with E-state index < -0.39 is 17.6 Å². The second-order valence-corrected chi connectivity index (χ2v) is 6.87. The van der Waals surface area contributed by atoms with E-state index in [1.165, 1.54) is 0 Å². The third-order valence-electron chi connectivity index (χ3n) is 4.73. The Balaban J connectivity index is 1.62. The third-order valence-corrected chi connectivity index (χ3v) is 4.73. The zero-order chi connectivity index (χ0) is 20.5. The predicted molar refractivity (Wildman–Crippen MR) is 110 cm³/mol. The Kier molecular flexibility index (Phi) is 7.28. The van der Waals surface area contributed by atoms with Gasteiger partial charge in [0, 0.05) is 5.56 Å². The topological polar surface area (TPSA) is 85.1 Å². The average molecular weight is 391 g/mol. The Hall–Kier alpha value is -3.28. The standard InChI is InChI=1S/C23H25N3O3/c1-2-3-6-15-19(17-11-7-4-8-12-17)21(27)22(28)24-16-20-25-26-23(29-20)18-13-9-5-10-14-18/h4-5,7-14,19H,2-3,6,15-16H2,1H3,(H,24,28). The fourth-order valence-electron chi connectivity index (χ4n) is 3.16. The van der Waals surface area contributed by atoms with Crippen LogP contribution in [0.1, 0.15) is 50.0 Å². The van der Waals surface area contributed by atoms with E-state index in [1.807, 2.05) is 60.7 Å². The van der Waals surface area contributed by atoms with E-state index in [2.05, 4.69) is 22.4 Å². The molecule has 0 fully saturated rings. The Bertz CT molecular complexity index is 923. The van der Waals surface area contributed by atoms with Crippen molar-refractivity contribution in [1.82, 2.24) is 15.5 Å². The molecule has 0 aliphatic rings. The smallest absolute Gasteiger partial charge is 0.288 e. The van der Waals surface area contributed by atoms with Gasteiger partial charge in [-0.1, -0.05) is 74.7 Å². The first-order valence-corrected chi connectivity index (χ1v) is 9.93. The zero-order valence-electron chi connectivity index (χ0n) is 16.5. The van der Waals surface area contributed by atoms with Crippen LogP contribution in [0.4, 0.5) is 0 Å². The molecule has 0 saturated heterocycles. The van der Waals surface area contributed by atoms with Crippen molar-refractivity contribution in [2.24, 2.45) is 0 Å². The number of amides is 1. The van der Waals surface area contributed by atoms with Gasteiger partial charge in [-0.3, -0.25) is 9.59 Å². The first-order chi connectivity index (χ1) is 14.2. The van der Waals surface area contributed by atoms with E-state index >= 15 is 0 Å². The normalized spacial score (nSPS) is 11.8. The number of rotatable bonds is 10. The highest BCUT2D eigenvalue weighted by Gasteiger charge is 2.26. The monoisotopic (exact) mass is 391 g/mol. The second kappa shape index (κ2) is 10.3. The average Bonchev–Trinajstić information content (AvgIpc) is 3.25. The van der Waals surface area contributed by atoms with Crippen LogP contribution in [0.5, 0.6) is 0 Å². The van der Waals surface area contributed by atoms with E-state index in [-0.39, 0.29) is 12.4 Å². The van der Waals surface area contributed by atoms with E-state index in [0.717, 1.165) is 30.4 Å². The first kappa shape index (κ1) is 20.5. The number of nitrogens with one attached hydrogen (secondary N) is 1. The first-order valence-electron chi connectivity index (χ1n) is 9.93. The maximum Gasteiger partial charge on any atom is 0.288 e. The molecule has 1 N–H and O–H groups in total. The minimum Gasteiger partial charge on any atom is -0.419 e. The largest absolute Gasteiger partial charge is 0.419 e. The number of carbonyl (C=O) groups excluding carboxylic acids is 2. The summed E-state index contributed by atoms with van der Waals surface area (Å²) in [6.45, 7) is 2.13. The SMILES string of the molecule is CCCCCC(C(=O)C(=O)NCc1nnc(-c2ccccc2)o1)c1ccccc1. The summed E-state index contributed by atoms with van der Waals surface area (Å²) in [6.07, 6.45) is 3.65. The van der Waals surface area contributed by atoms with Gasteiger partial charge in [0.2, 0.25) is 17.6 Å². The highest BCUT2D eigenvalue weighted by Crippen LogP contribution is 2.24. The lowest BCUT2D eigenvalue weighted by atomic mass is 9.89. The van der Waals surface area contributed by atoms with E-state index in [0.29, 0.717) is 12.3 Å². The summed E-state index contributed by atoms with van der Waals surface area (Å²) < 4.78 is 5.58.